The number of nitrogens with one attached hydrogen (secondary N) is 1. The van der Waals surface area contributed by atoms with Crippen LogP contribution in [-0.4, -0.2) is 99.8 Å². The minimum absolute atomic E-state index is 0.0165. The smallest absolute Gasteiger partial charge is 0.367 e. The molecule has 0 aliphatic carbocycles. The molecule has 3 aliphatic heterocycles. The van der Waals surface area contributed by atoms with Gasteiger partial charge in [-0.3, -0.25) is 9.80 Å². The fourth-order valence-corrected chi connectivity index (χ4v) is 10.6. The van der Waals surface area contributed by atoms with Gasteiger partial charge in [0, 0.05) is 79.2 Å². The lowest BCUT2D eigenvalue weighted by atomic mass is 10.0. The third kappa shape index (κ3) is 7.03. The summed E-state index contributed by atoms with van der Waals surface area (Å²) in [5.41, 5.74) is 4.04. The monoisotopic (exact) mass is 714 g/mol. The van der Waals surface area contributed by atoms with Crippen molar-refractivity contribution in [2.24, 2.45) is 0 Å². The van der Waals surface area contributed by atoms with Crippen LogP contribution < -0.4 is 5.32 Å². The molecular formula is C34H41F3N8O2S2. The van der Waals surface area contributed by atoms with Gasteiger partial charge in [-0.25, -0.2) is 18.4 Å². The van der Waals surface area contributed by atoms with Crippen molar-refractivity contribution >= 4 is 48.3 Å². The van der Waals surface area contributed by atoms with Crippen LogP contribution in [0.4, 0.5) is 19.0 Å². The van der Waals surface area contributed by atoms with E-state index in [1.54, 1.807) is 10.4 Å². The minimum Gasteiger partial charge on any atom is -0.367 e. The number of anilines is 1. The number of hydrogen-bond donors (Lipinski definition) is 1. The number of aryl methyl sites for hydroxylation is 1. The molecule has 0 radical (unpaired) electrons. The molecular weight excluding hydrogens is 674 g/mol. The lowest BCUT2D eigenvalue weighted by Gasteiger charge is -2.42. The predicted molar refractivity (Wildman–Crippen MR) is 185 cm³/mol. The number of halogens is 3. The first-order chi connectivity index (χ1) is 23.3. The van der Waals surface area contributed by atoms with E-state index in [1.165, 1.54) is 18.1 Å². The van der Waals surface area contributed by atoms with Gasteiger partial charge in [-0.15, -0.1) is 11.3 Å². The number of alkyl halides is 3. The number of thiophene rings is 1. The third-order valence-electron chi connectivity index (χ3n) is 10.6. The zero-order valence-corrected chi connectivity index (χ0v) is 29.5. The fourth-order valence-electron chi connectivity index (χ4n) is 8.13. The summed E-state index contributed by atoms with van der Waals surface area (Å²) >= 11 is 1.06. The second kappa shape index (κ2) is 13.1. The predicted octanol–water partition coefficient (Wildman–Crippen LogP) is 5.50. The van der Waals surface area contributed by atoms with Gasteiger partial charge in [0.15, 0.2) is 0 Å². The third-order valence-corrected chi connectivity index (χ3v) is 13.0. The quantitative estimate of drug-likeness (QED) is 0.242. The van der Waals surface area contributed by atoms with E-state index in [2.05, 4.69) is 61.7 Å². The summed E-state index contributed by atoms with van der Waals surface area (Å²) in [5.74, 6) is 0.588. The largest absolute Gasteiger partial charge is 0.393 e. The Hall–Kier alpha value is -3.29. The van der Waals surface area contributed by atoms with Gasteiger partial charge in [0.05, 0.1) is 18.1 Å². The molecule has 1 N–H and O–H groups in total. The van der Waals surface area contributed by atoms with Gasteiger partial charge < -0.3 is 9.88 Å². The molecule has 2 bridgehead atoms. The lowest BCUT2D eigenvalue weighted by Crippen LogP contribution is -2.57. The minimum atomic E-state index is -4.27. The number of benzene rings is 1. The molecule has 3 unspecified atom stereocenters. The number of aromatic nitrogens is 3. The summed E-state index contributed by atoms with van der Waals surface area (Å²) in [6.07, 6.45) is 1.02. The van der Waals surface area contributed by atoms with E-state index in [1.807, 2.05) is 6.07 Å². The highest BCUT2D eigenvalue weighted by Gasteiger charge is 2.45. The van der Waals surface area contributed by atoms with Crippen LogP contribution in [0, 0.1) is 18.3 Å². The van der Waals surface area contributed by atoms with Crippen molar-refractivity contribution < 1.29 is 21.6 Å². The molecule has 10 nitrogen and oxygen atoms in total. The second-order valence-electron chi connectivity index (χ2n) is 14.0. The van der Waals surface area contributed by atoms with Crippen LogP contribution in [-0.2, 0) is 29.5 Å². The zero-order chi connectivity index (χ0) is 34.7. The van der Waals surface area contributed by atoms with Crippen molar-refractivity contribution in [1.29, 1.82) is 5.26 Å². The molecule has 1 aromatic carbocycles. The van der Waals surface area contributed by atoms with Crippen molar-refractivity contribution in [3.05, 3.63) is 52.3 Å². The summed E-state index contributed by atoms with van der Waals surface area (Å²) < 4.78 is 67.5. The number of nitriles is 1. The maximum Gasteiger partial charge on any atom is 0.393 e. The second-order valence-corrected chi connectivity index (χ2v) is 17.0. The van der Waals surface area contributed by atoms with Crippen molar-refractivity contribution in [1.82, 2.24) is 28.6 Å². The normalized spacial score (nSPS) is 22.2. The average Bonchev–Trinajstić information content (AvgIpc) is 3.70. The molecule has 15 heteroatoms. The molecule has 262 valence electrons. The number of piperidine rings is 1. The molecule has 0 amide bonds. The van der Waals surface area contributed by atoms with Gasteiger partial charge >= 0.3 is 6.18 Å². The van der Waals surface area contributed by atoms with Crippen molar-refractivity contribution in [2.75, 3.05) is 37.8 Å². The number of nitrogens with zero attached hydrogens (tertiary/aromatic N) is 7. The summed E-state index contributed by atoms with van der Waals surface area (Å²) in [7, 11) is -3.23. The van der Waals surface area contributed by atoms with E-state index in [0.29, 0.717) is 41.4 Å². The molecule has 7 rings (SSSR count). The molecule has 0 saturated carbocycles. The molecule has 6 heterocycles. The number of likely N-dealkylation sites (tertiary alicyclic amines) is 2. The molecule has 3 atom stereocenters. The van der Waals surface area contributed by atoms with Gasteiger partial charge in [0.25, 0.3) is 0 Å². The molecule has 3 aliphatic rings. The Bertz CT molecular complexity index is 2000. The SMILES string of the molecule is Cc1c(CN2CCC(Nc3ncnc4sc(CC(F)(F)F)cc34)CC2)ccc2c1cc(C#N)n2CC(C)N1CC2CCC(C1)N2S(C)(=O)=O. The van der Waals surface area contributed by atoms with Gasteiger partial charge in [-0.2, -0.15) is 22.7 Å². The maximum absolute atomic E-state index is 13.0. The highest BCUT2D eigenvalue weighted by Crippen LogP contribution is 2.35. The Morgan fingerprint density at radius 3 is 2.45 bits per heavy atom. The summed E-state index contributed by atoms with van der Waals surface area (Å²) in [4.78, 5) is 14.1. The average molecular weight is 715 g/mol. The Kier molecular flexibility index (Phi) is 9.15. The van der Waals surface area contributed by atoms with Crippen molar-refractivity contribution in [3.63, 3.8) is 0 Å². The fraction of sp³-hybridized carbons (Fsp3) is 0.559. The number of rotatable bonds is 9. The summed E-state index contributed by atoms with van der Waals surface area (Å²) in [6.45, 7) is 8.87. The van der Waals surface area contributed by atoms with E-state index in [4.69, 9.17) is 0 Å². The Morgan fingerprint density at radius 1 is 1.08 bits per heavy atom. The Labute approximate surface area is 288 Å². The van der Waals surface area contributed by atoms with E-state index >= 15 is 0 Å². The Balaban J connectivity index is 0.993. The molecule has 3 aromatic heterocycles. The van der Waals surface area contributed by atoms with Crippen LogP contribution in [0.2, 0.25) is 0 Å². The van der Waals surface area contributed by atoms with E-state index in [0.717, 1.165) is 73.1 Å². The molecule has 3 saturated heterocycles. The van der Waals surface area contributed by atoms with Crippen LogP contribution in [0.25, 0.3) is 21.1 Å². The number of fused-ring (bicyclic) bond motifs is 4. The van der Waals surface area contributed by atoms with Crippen LogP contribution >= 0.6 is 11.3 Å². The number of piperazine rings is 1. The van der Waals surface area contributed by atoms with E-state index in [9.17, 15) is 26.9 Å². The van der Waals surface area contributed by atoms with E-state index in [-0.39, 0.29) is 29.0 Å². The summed E-state index contributed by atoms with van der Waals surface area (Å²) in [5, 5.41) is 15.3. The topological polar surface area (TPSA) is 110 Å². The van der Waals surface area contributed by atoms with Crippen molar-refractivity contribution in [2.45, 2.75) is 89.4 Å². The van der Waals surface area contributed by atoms with Crippen LogP contribution in [0.3, 0.4) is 0 Å². The van der Waals surface area contributed by atoms with Gasteiger partial charge in [0.1, 0.15) is 28.7 Å². The van der Waals surface area contributed by atoms with Gasteiger partial charge in [-0.1, -0.05) is 6.07 Å². The van der Waals surface area contributed by atoms with E-state index < -0.39 is 22.6 Å². The zero-order valence-electron chi connectivity index (χ0n) is 27.9. The first-order valence-electron chi connectivity index (χ1n) is 16.8. The summed E-state index contributed by atoms with van der Waals surface area (Å²) in [6, 6.07) is 10.6. The number of hydrogen-bond acceptors (Lipinski definition) is 9. The van der Waals surface area contributed by atoms with Crippen LogP contribution in [0.15, 0.2) is 30.6 Å². The molecule has 4 aromatic rings. The first-order valence-corrected chi connectivity index (χ1v) is 19.5. The lowest BCUT2D eigenvalue weighted by molar-refractivity contribution is -0.126. The molecule has 0 spiro atoms. The highest BCUT2D eigenvalue weighted by molar-refractivity contribution is 7.88. The van der Waals surface area contributed by atoms with Crippen LogP contribution in [0.1, 0.15) is 54.3 Å². The molecule has 49 heavy (non-hydrogen) atoms. The van der Waals surface area contributed by atoms with Crippen molar-refractivity contribution in [3.8, 4) is 6.07 Å². The standard InChI is InChI=1S/C34H41F3N8O2S2/c1-21(43-18-25-5-6-26(19-43)45(25)49(3,46)47)16-44-27(15-38)12-29-22(2)23(4-7-31(29)44)17-42-10-8-24(9-11-42)41-32-30-13-28(14-34(35,36)37)48-33(30)40-20-39-32/h4,7,12-13,20-21,24-26H,5-6,8-11,14,16-19H2,1-3H3,(H,39,40,41). The maximum atomic E-state index is 13.0. The Morgan fingerprint density at radius 2 is 1.80 bits per heavy atom. The van der Waals surface area contributed by atoms with Crippen LogP contribution in [0.5, 0.6) is 0 Å². The first kappa shape index (κ1) is 34.2. The van der Waals surface area contributed by atoms with Gasteiger partial charge in [0.2, 0.25) is 10.0 Å². The van der Waals surface area contributed by atoms with Gasteiger partial charge in [-0.05, 0) is 68.9 Å². The number of sulfonamides is 1. The highest BCUT2D eigenvalue weighted by atomic mass is 32.2. The molecule has 3 fully saturated rings.